The second-order valence-electron chi connectivity index (χ2n) is 9.72. The Bertz CT molecular complexity index is 870. The molecule has 5 unspecified atom stereocenters. The van der Waals surface area contributed by atoms with Crippen LogP contribution in [0.3, 0.4) is 0 Å². The number of ether oxygens (including phenoxy) is 3. The van der Waals surface area contributed by atoms with Crippen molar-refractivity contribution in [1.29, 1.82) is 0 Å². The fraction of sp³-hybridized carbons (Fsp3) is 0.593. The summed E-state index contributed by atoms with van der Waals surface area (Å²) in [5, 5.41) is 10.2. The summed E-state index contributed by atoms with van der Waals surface area (Å²) in [5.74, 6) is -1.33. The number of hydrogen-bond donors (Lipinski definition) is 1. The van der Waals surface area contributed by atoms with E-state index in [-0.39, 0.29) is 36.8 Å². The molecule has 0 radical (unpaired) electrons. The van der Waals surface area contributed by atoms with Crippen molar-refractivity contribution in [2.45, 2.75) is 91.3 Å². The van der Waals surface area contributed by atoms with E-state index >= 15 is 0 Å². The van der Waals surface area contributed by atoms with Gasteiger partial charge in [0.2, 0.25) is 5.79 Å². The van der Waals surface area contributed by atoms with E-state index in [0.717, 1.165) is 30.4 Å². The molecule has 2 heterocycles. The van der Waals surface area contributed by atoms with Crippen LogP contribution >= 0.6 is 0 Å². The maximum atomic E-state index is 11.5. The molecule has 0 saturated carbocycles. The molecule has 0 aromatic heterocycles. The summed E-state index contributed by atoms with van der Waals surface area (Å²) in [6.45, 7) is 11.8. The first kappa shape index (κ1) is 24.7. The smallest absolute Gasteiger partial charge is 0.303 e. The Kier molecular flexibility index (Phi) is 7.97. The first-order chi connectivity index (χ1) is 15.1. The lowest BCUT2D eigenvalue weighted by molar-refractivity contribution is -0.227. The van der Waals surface area contributed by atoms with Gasteiger partial charge in [-0.15, -0.1) is 0 Å². The number of hydrogen-bond acceptors (Lipinski definition) is 5. The number of carbonyl (C=O) groups is 1. The van der Waals surface area contributed by atoms with Crippen LogP contribution in [0.1, 0.15) is 67.2 Å². The van der Waals surface area contributed by atoms with Gasteiger partial charge in [0.05, 0.1) is 18.8 Å². The van der Waals surface area contributed by atoms with Crippen LogP contribution in [-0.2, 0) is 19.0 Å². The van der Waals surface area contributed by atoms with E-state index in [0.29, 0.717) is 6.42 Å². The standard InChI is InChI=1S/C27H38O5/c1-17(2)8-7-9-18(3)10-23-11-19(4)14-27(31-23)15-22(16-28)24-13-25(30-21(6)29)20(5)12-26(24)32-27/h8,10,12,14-15,23-26,28H,7,9,11,13,16H2,1-6H3. The fourth-order valence-corrected chi connectivity index (χ4v) is 4.88. The second-order valence-corrected chi connectivity index (χ2v) is 9.72. The molecule has 1 N–H and O–H groups in total. The molecular formula is C27H38O5. The van der Waals surface area contributed by atoms with Crippen LogP contribution in [0.2, 0.25) is 0 Å². The Hall–Kier alpha value is -1.95. The zero-order chi connectivity index (χ0) is 23.5. The summed E-state index contributed by atoms with van der Waals surface area (Å²) < 4.78 is 18.5. The highest BCUT2D eigenvalue weighted by atomic mass is 16.7. The average molecular weight is 443 g/mol. The monoisotopic (exact) mass is 442 g/mol. The van der Waals surface area contributed by atoms with Crippen LogP contribution in [0.4, 0.5) is 0 Å². The van der Waals surface area contributed by atoms with Crippen LogP contribution in [0.25, 0.3) is 0 Å². The van der Waals surface area contributed by atoms with Crippen molar-refractivity contribution in [1.82, 2.24) is 0 Å². The van der Waals surface area contributed by atoms with Crippen LogP contribution in [-0.4, -0.2) is 41.8 Å². The number of rotatable bonds is 6. The zero-order valence-corrected chi connectivity index (χ0v) is 20.3. The SMILES string of the molecule is CC(=O)OC1CC2C(CO)=CC3(C=C(C)CC(C=C(C)CCC=C(C)C)O3)OC2C=C1C. The molecule has 5 atom stereocenters. The number of aliphatic hydroxyl groups excluding tert-OH is 1. The van der Waals surface area contributed by atoms with Crippen molar-refractivity contribution < 1.29 is 24.1 Å². The topological polar surface area (TPSA) is 65.0 Å². The third kappa shape index (κ3) is 6.09. The first-order valence-corrected chi connectivity index (χ1v) is 11.6. The Morgan fingerprint density at radius 3 is 2.62 bits per heavy atom. The van der Waals surface area contributed by atoms with Crippen molar-refractivity contribution in [2.24, 2.45) is 5.92 Å². The van der Waals surface area contributed by atoms with Gasteiger partial charge < -0.3 is 19.3 Å². The van der Waals surface area contributed by atoms with Gasteiger partial charge in [0.25, 0.3) is 0 Å². The summed E-state index contributed by atoms with van der Waals surface area (Å²) in [6.07, 6.45) is 13.3. The van der Waals surface area contributed by atoms with Crippen LogP contribution < -0.4 is 0 Å². The molecule has 1 spiro atoms. The number of carbonyl (C=O) groups excluding carboxylic acids is 1. The van der Waals surface area contributed by atoms with Gasteiger partial charge in [-0.2, -0.15) is 0 Å². The van der Waals surface area contributed by atoms with Crippen molar-refractivity contribution in [3.05, 3.63) is 58.2 Å². The van der Waals surface area contributed by atoms with Crippen molar-refractivity contribution in [3.8, 4) is 0 Å². The van der Waals surface area contributed by atoms with Gasteiger partial charge in [-0.1, -0.05) is 34.9 Å². The molecule has 176 valence electrons. The highest BCUT2D eigenvalue weighted by Gasteiger charge is 2.46. The Morgan fingerprint density at radius 1 is 1.22 bits per heavy atom. The molecule has 0 amide bonds. The molecular weight excluding hydrogens is 404 g/mol. The number of fused-ring (bicyclic) bond motifs is 1. The molecule has 3 aliphatic rings. The largest absolute Gasteiger partial charge is 0.458 e. The number of allylic oxidation sites excluding steroid dienone is 3. The average Bonchev–Trinajstić information content (AvgIpc) is 2.67. The van der Waals surface area contributed by atoms with Crippen molar-refractivity contribution >= 4 is 5.97 Å². The summed E-state index contributed by atoms with van der Waals surface area (Å²) in [7, 11) is 0. The molecule has 32 heavy (non-hydrogen) atoms. The molecule has 3 rings (SSSR count). The van der Waals surface area contributed by atoms with Gasteiger partial charge in [0.15, 0.2) is 0 Å². The summed E-state index contributed by atoms with van der Waals surface area (Å²) in [4.78, 5) is 11.5. The van der Waals surface area contributed by atoms with E-state index in [1.165, 1.54) is 23.6 Å². The number of esters is 1. The lowest BCUT2D eigenvalue weighted by Gasteiger charge is -2.46. The third-order valence-corrected chi connectivity index (χ3v) is 6.34. The Labute approximate surface area is 192 Å². The Balaban J connectivity index is 1.82. The van der Waals surface area contributed by atoms with E-state index in [4.69, 9.17) is 14.2 Å². The van der Waals surface area contributed by atoms with Crippen LogP contribution in [0, 0.1) is 5.92 Å². The highest BCUT2D eigenvalue weighted by Crippen LogP contribution is 2.43. The molecule has 0 saturated heterocycles. The molecule has 5 nitrogen and oxygen atoms in total. The van der Waals surface area contributed by atoms with Crippen molar-refractivity contribution in [3.63, 3.8) is 0 Å². The maximum absolute atomic E-state index is 11.5. The molecule has 2 aliphatic heterocycles. The maximum Gasteiger partial charge on any atom is 0.303 e. The minimum atomic E-state index is -0.992. The first-order valence-electron chi connectivity index (χ1n) is 11.6. The summed E-state index contributed by atoms with van der Waals surface area (Å²) in [6, 6.07) is 0. The van der Waals surface area contributed by atoms with Crippen molar-refractivity contribution in [2.75, 3.05) is 6.61 Å². The minimum Gasteiger partial charge on any atom is -0.458 e. The molecule has 5 heteroatoms. The van der Waals surface area contributed by atoms with E-state index in [9.17, 15) is 9.90 Å². The molecule has 0 fully saturated rings. The molecule has 0 aromatic carbocycles. The van der Waals surface area contributed by atoms with Crippen LogP contribution in [0.5, 0.6) is 0 Å². The van der Waals surface area contributed by atoms with E-state index < -0.39 is 5.79 Å². The molecule has 1 aliphatic carbocycles. The number of aliphatic hydroxyl groups is 1. The van der Waals surface area contributed by atoms with Gasteiger partial charge >= 0.3 is 5.97 Å². The van der Waals surface area contributed by atoms with Gasteiger partial charge in [-0.05, 0) is 83.6 Å². The zero-order valence-electron chi connectivity index (χ0n) is 20.3. The van der Waals surface area contributed by atoms with Gasteiger partial charge in [0.1, 0.15) is 6.10 Å². The molecule has 0 bridgehead atoms. The summed E-state index contributed by atoms with van der Waals surface area (Å²) in [5.41, 5.74) is 5.68. The van der Waals surface area contributed by atoms with Crippen LogP contribution in [0.15, 0.2) is 58.2 Å². The normalized spacial score (nSPS) is 32.5. The highest BCUT2D eigenvalue weighted by molar-refractivity contribution is 5.66. The predicted molar refractivity (Wildman–Crippen MR) is 126 cm³/mol. The van der Waals surface area contributed by atoms with Gasteiger partial charge in [0, 0.05) is 12.8 Å². The van der Waals surface area contributed by atoms with Gasteiger partial charge in [-0.25, -0.2) is 0 Å². The van der Waals surface area contributed by atoms with E-state index in [1.807, 2.05) is 25.2 Å². The second kappa shape index (κ2) is 10.3. The summed E-state index contributed by atoms with van der Waals surface area (Å²) >= 11 is 0. The lowest BCUT2D eigenvalue weighted by atomic mass is 9.78. The third-order valence-electron chi connectivity index (χ3n) is 6.34. The minimum absolute atomic E-state index is 0.0438. The fourth-order valence-electron chi connectivity index (χ4n) is 4.88. The van der Waals surface area contributed by atoms with E-state index in [2.05, 4.69) is 39.8 Å². The van der Waals surface area contributed by atoms with E-state index in [1.54, 1.807) is 0 Å². The van der Waals surface area contributed by atoms with Gasteiger partial charge in [-0.3, -0.25) is 4.79 Å². The Morgan fingerprint density at radius 2 is 1.97 bits per heavy atom. The lowest BCUT2D eigenvalue weighted by Crippen LogP contribution is -2.49. The quantitative estimate of drug-likeness (QED) is 0.445. The predicted octanol–water partition coefficient (Wildman–Crippen LogP) is 5.33. The molecule has 0 aromatic rings.